The van der Waals surface area contributed by atoms with Crippen LogP contribution in [0.25, 0.3) is 22.3 Å². The monoisotopic (exact) mass is 537 g/mol. The molecule has 0 saturated carbocycles. The highest BCUT2D eigenvalue weighted by atomic mass is 32.2. The Bertz CT molecular complexity index is 1460. The van der Waals surface area contributed by atoms with Crippen molar-refractivity contribution in [1.82, 2.24) is 29.0 Å². The van der Waals surface area contributed by atoms with E-state index in [2.05, 4.69) is 24.4 Å². The lowest BCUT2D eigenvalue weighted by molar-refractivity contribution is -0.140. The smallest absolute Gasteiger partial charge is 0.419 e. The summed E-state index contributed by atoms with van der Waals surface area (Å²) in [4.78, 5) is 15.0. The predicted octanol–water partition coefficient (Wildman–Crippen LogP) is 4.57. The quantitative estimate of drug-likeness (QED) is 0.300. The van der Waals surface area contributed by atoms with Gasteiger partial charge < -0.3 is 10.0 Å². The van der Waals surface area contributed by atoms with Gasteiger partial charge >= 0.3 is 6.18 Å². The van der Waals surface area contributed by atoms with Crippen molar-refractivity contribution in [2.75, 3.05) is 30.8 Å². The van der Waals surface area contributed by atoms with Gasteiger partial charge in [0.1, 0.15) is 5.69 Å². The number of phenols is 1. The van der Waals surface area contributed by atoms with E-state index in [-0.39, 0.29) is 22.8 Å². The second kappa shape index (κ2) is 9.41. The molecule has 1 N–H and O–H groups in total. The molecule has 4 heterocycles. The zero-order valence-electron chi connectivity index (χ0n) is 19.5. The summed E-state index contributed by atoms with van der Waals surface area (Å²) >= 11 is 1.63. The minimum Gasteiger partial charge on any atom is -0.503 e. The van der Waals surface area contributed by atoms with Crippen LogP contribution < -0.4 is 4.90 Å². The number of phenolic OH excluding ortho intramolecular Hbond substituents is 1. The summed E-state index contributed by atoms with van der Waals surface area (Å²) in [6.45, 7) is 1.90. The second-order valence-corrected chi connectivity index (χ2v) is 9.23. The molecule has 37 heavy (non-hydrogen) atoms. The summed E-state index contributed by atoms with van der Waals surface area (Å²) in [5, 5.41) is 14.0. The molecular formula is C23H20F5N7OS. The number of piperazine rings is 1. The molecule has 8 nitrogen and oxygen atoms in total. The normalized spacial score (nSPS) is 17.1. The molecule has 5 rings (SSSR count). The number of anilines is 1. The molecule has 4 aromatic rings. The van der Waals surface area contributed by atoms with E-state index in [4.69, 9.17) is 0 Å². The highest BCUT2D eigenvalue weighted by Crippen LogP contribution is 2.41. The maximum Gasteiger partial charge on any atom is 0.419 e. The summed E-state index contributed by atoms with van der Waals surface area (Å²) in [6.07, 6.45) is 1.64. The second-order valence-electron chi connectivity index (χ2n) is 8.39. The number of nitrogens with zero attached hydrogens (tertiary/aromatic N) is 7. The molecule has 0 bridgehead atoms. The highest BCUT2D eigenvalue weighted by molar-refractivity contribution is 7.96. The standard InChI is InChI=1S/C23H20F5N7OS/c1-33-21-14(19(32-33)13-9-15(23(26,27)28)18(25)20(36)17(13)24)10-30-22(31-21)34-7-8-35(37-2)16(11-34)12-3-5-29-6-4-12/h3-6,9-10,16,36H,7-8,11H2,1-2H3. The van der Waals surface area contributed by atoms with Crippen molar-refractivity contribution in [3.63, 3.8) is 0 Å². The van der Waals surface area contributed by atoms with Crippen LogP contribution in [0, 0.1) is 11.6 Å². The van der Waals surface area contributed by atoms with E-state index in [9.17, 15) is 27.1 Å². The van der Waals surface area contributed by atoms with Crippen LogP contribution >= 0.6 is 11.9 Å². The Hall–Kier alpha value is -3.52. The lowest BCUT2D eigenvalue weighted by Crippen LogP contribution is -2.46. The first kappa shape index (κ1) is 25.1. The molecule has 194 valence electrons. The number of hydrogen-bond donors (Lipinski definition) is 1. The Balaban J connectivity index is 1.54. The number of hydrogen-bond acceptors (Lipinski definition) is 8. The van der Waals surface area contributed by atoms with Gasteiger partial charge in [-0.25, -0.2) is 22.8 Å². The lowest BCUT2D eigenvalue weighted by Gasteiger charge is -2.40. The van der Waals surface area contributed by atoms with Crippen LogP contribution in [0.3, 0.4) is 0 Å². The van der Waals surface area contributed by atoms with Crippen LogP contribution in [0.1, 0.15) is 17.2 Å². The third-order valence-corrected chi connectivity index (χ3v) is 7.15. The van der Waals surface area contributed by atoms with Crippen molar-refractivity contribution in [3.8, 4) is 17.0 Å². The first-order chi connectivity index (χ1) is 17.6. The van der Waals surface area contributed by atoms with E-state index >= 15 is 0 Å². The fourth-order valence-corrected chi connectivity index (χ4v) is 5.11. The van der Waals surface area contributed by atoms with Crippen molar-refractivity contribution in [1.29, 1.82) is 0 Å². The largest absolute Gasteiger partial charge is 0.503 e. The van der Waals surface area contributed by atoms with Gasteiger partial charge in [0.2, 0.25) is 5.95 Å². The average Bonchev–Trinajstić information content (AvgIpc) is 3.22. The van der Waals surface area contributed by atoms with Crippen molar-refractivity contribution < 1.29 is 27.1 Å². The van der Waals surface area contributed by atoms with Crippen molar-refractivity contribution in [2.24, 2.45) is 7.05 Å². The number of benzene rings is 1. The Labute approximate surface area is 211 Å². The minimum absolute atomic E-state index is 0.0326. The topological polar surface area (TPSA) is 83.2 Å². The van der Waals surface area contributed by atoms with E-state index in [0.717, 1.165) is 5.56 Å². The third-order valence-electron chi connectivity index (χ3n) is 6.24. The van der Waals surface area contributed by atoms with E-state index < -0.39 is 34.7 Å². The highest BCUT2D eigenvalue weighted by Gasteiger charge is 2.38. The van der Waals surface area contributed by atoms with Gasteiger partial charge in [-0.3, -0.25) is 4.98 Å². The van der Waals surface area contributed by atoms with Crippen LogP contribution in [0.4, 0.5) is 27.9 Å². The van der Waals surface area contributed by atoms with Crippen LogP contribution in [0.5, 0.6) is 5.75 Å². The van der Waals surface area contributed by atoms with Gasteiger partial charge in [-0.2, -0.15) is 23.3 Å². The van der Waals surface area contributed by atoms with E-state index in [1.54, 1.807) is 24.3 Å². The molecule has 3 aromatic heterocycles. The molecule has 1 fully saturated rings. The number of aryl methyl sites for hydroxylation is 1. The van der Waals surface area contributed by atoms with Crippen LogP contribution in [-0.4, -0.2) is 60.0 Å². The SMILES string of the molecule is CSN1CCN(c2ncc3c(-c4cc(C(F)(F)F)c(F)c(O)c4F)nn(C)c3n2)CC1c1ccncc1. The summed E-state index contributed by atoms with van der Waals surface area (Å²) in [7, 11) is 1.50. The minimum atomic E-state index is -5.15. The number of rotatable bonds is 4. The maximum absolute atomic E-state index is 14.7. The zero-order valence-corrected chi connectivity index (χ0v) is 20.4. The fourth-order valence-electron chi connectivity index (χ4n) is 4.40. The molecule has 1 atom stereocenters. The molecule has 0 spiro atoms. The van der Waals surface area contributed by atoms with Gasteiger partial charge in [0, 0.05) is 50.8 Å². The fraction of sp³-hybridized carbons (Fsp3) is 0.304. The Kier molecular flexibility index (Phi) is 6.40. The van der Waals surface area contributed by atoms with E-state index in [1.165, 1.54) is 17.9 Å². The molecule has 0 amide bonds. The van der Waals surface area contributed by atoms with Gasteiger partial charge in [0.05, 0.1) is 17.0 Å². The summed E-state index contributed by atoms with van der Waals surface area (Å²) < 4.78 is 72.1. The average molecular weight is 538 g/mol. The molecule has 1 aliphatic rings. The van der Waals surface area contributed by atoms with Crippen molar-refractivity contribution >= 4 is 28.9 Å². The van der Waals surface area contributed by atoms with Crippen LogP contribution in [0.2, 0.25) is 0 Å². The van der Waals surface area contributed by atoms with Gasteiger partial charge in [-0.05, 0) is 30.0 Å². The molecule has 14 heteroatoms. The first-order valence-electron chi connectivity index (χ1n) is 11.0. The molecule has 0 aliphatic carbocycles. The number of aromatic hydroxyl groups is 1. The Morgan fingerprint density at radius 2 is 1.84 bits per heavy atom. The summed E-state index contributed by atoms with van der Waals surface area (Å²) in [6, 6.07) is 4.21. The van der Waals surface area contributed by atoms with Gasteiger partial charge in [-0.1, -0.05) is 11.9 Å². The summed E-state index contributed by atoms with van der Waals surface area (Å²) in [5.74, 6) is -4.99. The molecule has 1 unspecified atom stereocenters. The molecular weight excluding hydrogens is 517 g/mol. The molecule has 1 saturated heterocycles. The van der Waals surface area contributed by atoms with Crippen molar-refractivity contribution in [2.45, 2.75) is 12.2 Å². The van der Waals surface area contributed by atoms with Crippen LogP contribution in [-0.2, 0) is 13.2 Å². The first-order valence-corrected chi connectivity index (χ1v) is 12.2. The Morgan fingerprint density at radius 3 is 2.51 bits per heavy atom. The van der Waals surface area contributed by atoms with Gasteiger partial charge in [0.25, 0.3) is 0 Å². The van der Waals surface area contributed by atoms with Crippen LogP contribution in [0.15, 0.2) is 36.8 Å². The number of halogens is 5. The van der Waals surface area contributed by atoms with E-state index in [0.29, 0.717) is 31.6 Å². The predicted molar refractivity (Wildman–Crippen MR) is 128 cm³/mol. The number of pyridine rings is 1. The number of fused-ring (bicyclic) bond motifs is 1. The Morgan fingerprint density at radius 1 is 1.11 bits per heavy atom. The van der Waals surface area contributed by atoms with E-state index in [1.807, 2.05) is 23.3 Å². The third kappa shape index (κ3) is 4.44. The zero-order chi connectivity index (χ0) is 26.5. The van der Waals surface area contributed by atoms with Crippen molar-refractivity contribution in [3.05, 3.63) is 59.6 Å². The maximum atomic E-state index is 14.7. The molecule has 0 radical (unpaired) electrons. The van der Waals surface area contributed by atoms with Gasteiger partial charge in [-0.15, -0.1) is 0 Å². The number of alkyl halides is 3. The van der Waals surface area contributed by atoms with Gasteiger partial charge in [0.15, 0.2) is 23.0 Å². The lowest BCUT2D eigenvalue weighted by atomic mass is 10.0. The summed E-state index contributed by atoms with van der Waals surface area (Å²) in [5.41, 5.74) is -1.44. The number of aromatic nitrogens is 5. The molecule has 1 aromatic carbocycles. The molecule has 1 aliphatic heterocycles.